The molecule has 0 saturated carbocycles. The second kappa shape index (κ2) is 10.4. The summed E-state index contributed by atoms with van der Waals surface area (Å²) in [5, 5.41) is 10.9. The largest absolute Gasteiger partial charge is 0.370 e. The quantitative estimate of drug-likeness (QED) is 0.385. The van der Waals surface area contributed by atoms with Crippen molar-refractivity contribution < 1.29 is 4.74 Å². The molecule has 27 heavy (non-hydrogen) atoms. The number of aliphatic imine (C=N–C) groups is 1. The van der Waals surface area contributed by atoms with E-state index in [2.05, 4.69) is 46.5 Å². The summed E-state index contributed by atoms with van der Waals surface area (Å²) < 4.78 is 7.75. The van der Waals surface area contributed by atoms with E-state index in [4.69, 9.17) is 9.73 Å². The van der Waals surface area contributed by atoms with E-state index in [9.17, 15) is 0 Å². The molecule has 0 aromatic carbocycles. The summed E-state index contributed by atoms with van der Waals surface area (Å²) >= 11 is 1.71. The number of aromatic nitrogens is 3. The number of nitrogens with zero attached hydrogens (tertiary/aromatic N) is 5. The Morgan fingerprint density at radius 1 is 1.48 bits per heavy atom. The molecular weight excluding hydrogens is 475 g/mol. The number of rotatable bonds is 5. The molecule has 0 amide bonds. The van der Waals surface area contributed by atoms with Crippen molar-refractivity contribution >= 4 is 41.3 Å². The normalized spacial score (nSPS) is 17.9. The summed E-state index contributed by atoms with van der Waals surface area (Å²) in [7, 11) is 1.93. The topological polar surface area (TPSA) is 67.6 Å². The number of hydrogen-bond acceptors (Lipinski definition) is 5. The van der Waals surface area contributed by atoms with Crippen molar-refractivity contribution in [2.75, 3.05) is 26.2 Å². The van der Waals surface area contributed by atoms with Crippen LogP contribution in [0, 0.1) is 0 Å². The van der Waals surface area contributed by atoms with Crippen LogP contribution in [0.4, 0.5) is 0 Å². The van der Waals surface area contributed by atoms with Crippen LogP contribution in [-0.2, 0) is 18.3 Å². The number of guanidine groups is 1. The number of hydrogen-bond donors (Lipinski definition) is 1. The van der Waals surface area contributed by atoms with Crippen LogP contribution in [0.15, 0.2) is 22.8 Å². The molecule has 2 aromatic heterocycles. The number of thiazole rings is 1. The minimum absolute atomic E-state index is 0. The number of morpholine rings is 1. The van der Waals surface area contributed by atoms with Gasteiger partial charge < -0.3 is 15.0 Å². The molecule has 3 rings (SSSR count). The van der Waals surface area contributed by atoms with Crippen molar-refractivity contribution in [1.82, 2.24) is 25.0 Å². The maximum Gasteiger partial charge on any atom is 0.194 e. The monoisotopic (exact) mass is 504 g/mol. The first-order chi connectivity index (χ1) is 12.6. The zero-order chi connectivity index (χ0) is 18.5. The Kier molecular flexibility index (Phi) is 8.49. The number of nitrogens with one attached hydrogen (secondary N) is 1. The van der Waals surface area contributed by atoms with Crippen LogP contribution >= 0.6 is 35.3 Å². The lowest BCUT2D eigenvalue weighted by atomic mass is 10.1. The summed E-state index contributed by atoms with van der Waals surface area (Å²) in [6.07, 6.45) is 3.91. The third-order valence-electron chi connectivity index (χ3n) is 4.25. The average Bonchev–Trinajstić information content (AvgIpc) is 3.28. The molecule has 0 radical (unpaired) electrons. The fourth-order valence-corrected chi connectivity index (χ4v) is 3.72. The lowest BCUT2D eigenvalue weighted by Gasteiger charge is -2.34. The Morgan fingerprint density at radius 3 is 2.93 bits per heavy atom. The zero-order valence-electron chi connectivity index (χ0n) is 16.4. The first-order valence-electron chi connectivity index (χ1n) is 9.14. The summed E-state index contributed by atoms with van der Waals surface area (Å²) in [5.74, 6) is 1.38. The Balaban J connectivity index is 0.00000261. The van der Waals surface area contributed by atoms with Crippen molar-refractivity contribution in [3.63, 3.8) is 0 Å². The van der Waals surface area contributed by atoms with Crippen molar-refractivity contribution in [3.05, 3.63) is 34.0 Å². The van der Waals surface area contributed by atoms with Gasteiger partial charge >= 0.3 is 0 Å². The molecule has 1 saturated heterocycles. The fraction of sp³-hybridized carbons (Fsp3) is 0.611. The van der Waals surface area contributed by atoms with Gasteiger partial charge in [-0.25, -0.2) is 9.98 Å². The summed E-state index contributed by atoms with van der Waals surface area (Å²) in [6.45, 7) is 10.1. The van der Waals surface area contributed by atoms with Gasteiger partial charge in [-0.1, -0.05) is 13.8 Å². The van der Waals surface area contributed by atoms with Crippen molar-refractivity contribution in [3.8, 4) is 0 Å². The Hall–Kier alpha value is -1.20. The van der Waals surface area contributed by atoms with Gasteiger partial charge in [0.15, 0.2) is 5.96 Å². The van der Waals surface area contributed by atoms with Crippen molar-refractivity contribution in [2.24, 2.45) is 12.0 Å². The van der Waals surface area contributed by atoms with Crippen LogP contribution in [0.25, 0.3) is 0 Å². The van der Waals surface area contributed by atoms with Gasteiger partial charge in [-0.15, -0.1) is 35.3 Å². The van der Waals surface area contributed by atoms with E-state index in [1.807, 2.05) is 24.1 Å². The van der Waals surface area contributed by atoms with E-state index < -0.39 is 0 Å². The second-order valence-electron chi connectivity index (χ2n) is 6.75. The molecule has 2 aromatic rings. The van der Waals surface area contributed by atoms with Crippen LogP contribution < -0.4 is 5.32 Å². The van der Waals surface area contributed by atoms with Gasteiger partial charge in [-0.2, -0.15) is 5.10 Å². The molecular formula is C18H29IN6OS. The standard InChI is InChI=1S/C18H28N6OS.HI/c1-5-19-18(20-9-15-12-26-17(22-15)13(2)3)24-6-7-25-16(11-24)14-8-21-23(4)10-14;/h8,10,12-13,16H,5-7,9,11H2,1-4H3,(H,19,20);1H. The molecule has 3 heterocycles. The second-order valence-corrected chi connectivity index (χ2v) is 7.64. The van der Waals surface area contributed by atoms with Gasteiger partial charge in [0.2, 0.25) is 0 Å². The molecule has 1 N–H and O–H groups in total. The molecule has 9 heteroatoms. The highest BCUT2D eigenvalue weighted by molar-refractivity contribution is 14.0. The smallest absolute Gasteiger partial charge is 0.194 e. The Morgan fingerprint density at radius 2 is 2.30 bits per heavy atom. The van der Waals surface area contributed by atoms with E-state index in [1.165, 1.54) is 5.01 Å². The maximum atomic E-state index is 5.94. The van der Waals surface area contributed by atoms with Gasteiger partial charge in [0.05, 0.1) is 36.6 Å². The molecule has 0 spiro atoms. The SMILES string of the molecule is CCNC(=NCc1csc(C(C)C)n1)N1CCOC(c2cnn(C)c2)C1.I. The number of ether oxygens (including phenoxy) is 1. The van der Waals surface area contributed by atoms with Crippen LogP contribution in [0.3, 0.4) is 0 Å². The Labute approximate surface area is 182 Å². The summed E-state index contributed by atoms with van der Waals surface area (Å²) in [6, 6.07) is 0. The molecule has 7 nitrogen and oxygen atoms in total. The molecule has 150 valence electrons. The number of halogens is 1. The van der Waals surface area contributed by atoms with Gasteiger partial charge in [0, 0.05) is 43.2 Å². The lowest BCUT2D eigenvalue weighted by Crippen LogP contribution is -2.48. The molecule has 1 aliphatic rings. The first kappa shape index (κ1) is 22.1. The third kappa shape index (κ3) is 5.89. The van der Waals surface area contributed by atoms with Crippen LogP contribution in [0.5, 0.6) is 0 Å². The first-order valence-corrected chi connectivity index (χ1v) is 10.0. The van der Waals surface area contributed by atoms with Crippen LogP contribution in [-0.4, -0.2) is 51.9 Å². The van der Waals surface area contributed by atoms with E-state index in [0.29, 0.717) is 19.1 Å². The van der Waals surface area contributed by atoms with Gasteiger partial charge in [-0.3, -0.25) is 4.68 Å². The Bertz CT molecular complexity index is 744. The van der Waals surface area contributed by atoms with E-state index >= 15 is 0 Å². The van der Waals surface area contributed by atoms with Crippen molar-refractivity contribution in [2.45, 2.75) is 39.3 Å². The highest BCUT2D eigenvalue weighted by Crippen LogP contribution is 2.22. The summed E-state index contributed by atoms with van der Waals surface area (Å²) in [5.41, 5.74) is 2.14. The maximum absolute atomic E-state index is 5.94. The minimum Gasteiger partial charge on any atom is -0.370 e. The zero-order valence-corrected chi connectivity index (χ0v) is 19.5. The van der Waals surface area contributed by atoms with E-state index in [-0.39, 0.29) is 30.1 Å². The van der Waals surface area contributed by atoms with Gasteiger partial charge in [0.1, 0.15) is 6.10 Å². The van der Waals surface area contributed by atoms with Crippen LogP contribution in [0.1, 0.15) is 49.1 Å². The summed E-state index contributed by atoms with van der Waals surface area (Å²) in [4.78, 5) is 11.8. The lowest BCUT2D eigenvalue weighted by molar-refractivity contribution is -0.00805. The van der Waals surface area contributed by atoms with Gasteiger partial charge in [0.25, 0.3) is 0 Å². The molecule has 1 aliphatic heterocycles. The molecule has 1 fully saturated rings. The molecule has 0 bridgehead atoms. The number of aryl methyl sites for hydroxylation is 1. The van der Waals surface area contributed by atoms with E-state index in [1.54, 1.807) is 11.3 Å². The van der Waals surface area contributed by atoms with Crippen molar-refractivity contribution in [1.29, 1.82) is 0 Å². The third-order valence-corrected chi connectivity index (χ3v) is 5.45. The fourth-order valence-electron chi connectivity index (χ4n) is 2.89. The molecule has 1 atom stereocenters. The van der Waals surface area contributed by atoms with Gasteiger partial charge in [-0.05, 0) is 6.92 Å². The average molecular weight is 504 g/mol. The minimum atomic E-state index is 0. The predicted molar refractivity (Wildman–Crippen MR) is 120 cm³/mol. The van der Waals surface area contributed by atoms with Crippen LogP contribution in [0.2, 0.25) is 0 Å². The highest BCUT2D eigenvalue weighted by atomic mass is 127. The van der Waals surface area contributed by atoms with E-state index in [0.717, 1.165) is 36.9 Å². The molecule has 1 unspecified atom stereocenters. The highest BCUT2D eigenvalue weighted by Gasteiger charge is 2.25. The predicted octanol–water partition coefficient (Wildman–Crippen LogP) is 3.16. The molecule has 0 aliphatic carbocycles.